The average Bonchev–Trinajstić information content (AvgIpc) is 3.08. The predicted octanol–water partition coefficient (Wildman–Crippen LogP) is 3.84. The van der Waals surface area contributed by atoms with Gasteiger partial charge in [-0.3, -0.25) is 4.79 Å². The summed E-state index contributed by atoms with van der Waals surface area (Å²) in [7, 11) is 0. The zero-order valence-electron chi connectivity index (χ0n) is 13.3. The standard InChI is InChI=1S/C20H15FN2O2/c21-18-4-2-1-3-14(18)12-16-10-13(9-15-7-8-25-20(15)16)11-17-5-6-19(24)23-22-17/h1-10H,11-12H2,(H,23,24). The van der Waals surface area contributed by atoms with E-state index < -0.39 is 0 Å². The van der Waals surface area contributed by atoms with Gasteiger partial charge in [0.05, 0.1) is 12.0 Å². The van der Waals surface area contributed by atoms with Crippen LogP contribution in [0.2, 0.25) is 0 Å². The monoisotopic (exact) mass is 334 g/mol. The minimum atomic E-state index is -0.228. The minimum Gasteiger partial charge on any atom is -0.464 e. The first-order chi connectivity index (χ1) is 12.2. The molecule has 0 radical (unpaired) electrons. The predicted molar refractivity (Wildman–Crippen MR) is 93.1 cm³/mol. The van der Waals surface area contributed by atoms with Crippen LogP contribution < -0.4 is 5.56 Å². The molecule has 0 amide bonds. The number of halogens is 1. The van der Waals surface area contributed by atoms with Gasteiger partial charge in [-0.15, -0.1) is 0 Å². The SMILES string of the molecule is O=c1ccc(Cc2cc(Cc3ccccc3F)c3occc3c2)n[nH]1. The maximum atomic E-state index is 14.0. The average molecular weight is 334 g/mol. The fourth-order valence-corrected chi connectivity index (χ4v) is 2.99. The lowest BCUT2D eigenvalue weighted by Crippen LogP contribution is -2.07. The van der Waals surface area contributed by atoms with Gasteiger partial charge in [-0.05, 0) is 35.4 Å². The van der Waals surface area contributed by atoms with Gasteiger partial charge >= 0.3 is 0 Å². The molecule has 0 aliphatic heterocycles. The zero-order valence-corrected chi connectivity index (χ0v) is 13.3. The van der Waals surface area contributed by atoms with Crippen molar-refractivity contribution in [3.63, 3.8) is 0 Å². The topological polar surface area (TPSA) is 58.9 Å². The Labute approximate surface area is 142 Å². The molecule has 25 heavy (non-hydrogen) atoms. The molecular formula is C20H15FN2O2. The highest BCUT2D eigenvalue weighted by Gasteiger charge is 2.11. The number of aromatic nitrogens is 2. The Balaban J connectivity index is 1.73. The summed E-state index contributed by atoms with van der Waals surface area (Å²) in [5.74, 6) is -0.227. The quantitative estimate of drug-likeness (QED) is 0.617. The second kappa shape index (κ2) is 6.36. The molecule has 124 valence electrons. The van der Waals surface area contributed by atoms with Gasteiger partial charge < -0.3 is 4.42 Å². The molecule has 0 saturated heterocycles. The first kappa shape index (κ1) is 15.3. The summed E-state index contributed by atoms with van der Waals surface area (Å²) in [5.41, 5.74) is 3.88. The van der Waals surface area contributed by atoms with Gasteiger partial charge in [0.25, 0.3) is 5.56 Å². The number of hydrogen-bond acceptors (Lipinski definition) is 3. The number of benzene rings is 2. The number of furan rings is 1. The molecule has 2 aromatic carbocycles. The maximum Gasteiger partial charge on any atom is 0.264 e. The van der Waals surface area contributed by atoms with Gasteiger partial charge in [-0.25, -0.2) is 9.49 Å². The van der Waals surface area contributed by atoms with Gasteiger partial charge in [0, 0.05) is 29.9 Å². The molecule has 0 aliphatic rings. The lowest BCUT2D eigenvalue weighted by molar-refractivity contribution is 0.605. The van der Waals surface area contributed by atoms with Crippen molar-refractivity contribution in [1.82, 2.24) is 10.2 Å². The number of aromatic amines is 1. The number of fused-ring (bicyclic) bond motifs is 1. The van der Waals surface area contributed by atoms with Crippen LogP contribution >= 0.6 is 0 Å². The Bertz CT molecular complexity index is 1080. The van der Waals surface area contributed by atoms with E-state index in [1.807, 2.05) is 24.3 Å². The van der Waals surface area contributed by atoms with E-state index >= 15 is 0 Å². The molecule has 4 rings (SSSR count). The Morgan fingerprint density at radius 2 is 1.88 bits per heavy atom. The summed E-state index contributed by atoms with van der Waals surface area (Å²) in [6.45, 7) is 0. The van der Waals surface area contributed by atoms with E-state index in [2.05, 4.69) is 10.2 Å². The molecule has 4 nitrogen and oxygen atoms in total. The number of nitrogens with one attached hydrogen (secondary N) is 1. The van der Waals surface area contributed by atoms with Crippen LogP contribution in [-0.2, 0) is 12.8 Å². The molecule has 2 heterocycles. The van der Waals surface area contributed by atoms with E-state index in [0.29, 0.717) is 18.4 Å². The highest BCUT2D eigenvalue weighted by molar-refractivity contribution is 5.81. The van der Waals surface area contributed by atoms with Crippen LogP contribution in [-0.4, -0.2) is 10.2 Å². The van der Waals surface area contributed by atoms with Gasteiger partial charge in [0.15, 0.2) is 0 Å². The van der Waals surface area contributed by atoms with E-state index in [4.69, 9.17) is 4.42 Å². The van der Waals surface area contributed by atoms with E-state index in [9.17, 15) is 9.18 Å². The van der Waals surface area contributed by atoms with Crippen LogP contribution in [0.25, 0.3) is 11.0 Å². The van der Waals surface area contributed by atoms with Crippen molar-refractivity contribution in [3.8, 4) is 0 Å². The molecule has 0 fully saturated rings. The molecular weight excluding hydrogens is 319 g/mol. The Morgan fingerprint density at radius 3 is 2.68 bits per heavy atom. The Morgan fingerprint density at radius 1 is 1.00 bits per heavy atom. The summed E-state index contributed by atoms with van der Waals surface area (Å²) in [5, 5.41) is 7.45. The first-order valence-electron chi connectivity index (χ1n) is 7.96. The number of nitrogens with zero attached hydrogens (tertiary/aromatic N) is 1. The normalized spacial score (nSPS) is 11.1. The summed E-state index contributed by atoms with van der Waals surface area (Å²) in [4.78, 5) is 11.1. The molecule has 1 N–H and O–H groups in total. The molecule has 0 bridgehead atoms. The Kier molecular flexibility index (Phi) is 3.90. The fraction of sp³-hybridized carbons (Fsp3) is 0.100. The maximum absolute atomic E-state index is 14.0. The molecule has 0 unspecified atom stereocenters. The van der Waals surface area contributed by atoms with Crippen LogP contribution in [0.4, 0.5) is 4.39 Å². The second-order valence-electron chi connectivity index (χ2n) is 5.95. The van der Waals surface area contributed by atoms with Crippen LogP contribution in [0.1, 0.15) is 22.4 Å². The highest BCUT2D eigenvalue weighted by atomic mass is 19.1. The van der Waals surface area contributed by atoms with Crippen molar-refractivity contribution in [3.05, 3.63) is 99.4 Å². The summed E-state index contributed by atoms with van der Waals surface area (Å²) in [6, 6.07) is 15.8. The molecule has 5 heteroatoms. The van der Waals surface area contributed by atoms with E-state index in [-0.39, 0.29) is 11.4 Å². The van der Waals surface area contributed by atoms with Crippen LogP contribution in [0, 0.1) is 5.82 Å². The fourth-order valence-electron chi connectivity index (χ4n) is 2.99. The lowest BCUT2D eigenvalue weighted by Gasteiger charge is -2.08. The van der Waals surface area contributed by atoms with Crippen molar-refractivity contribution in [2.45, 2.75) is 12.8 Å². The van der Waals surface area contributed by atoms with E-state index in [1.54, 1.807) is 24.5 Å². The van der Waals surface area contributed by atoms with Crippen LogP contribution in [0.5, 0.6) is 0 Å². The van der Waals surface area contributed by atoms with Crippen LogP contribution in [0.15, 0.2) is 70.1 Å². The molecule has 0 aliphatic carbocycles. The largest absolute Gasteiger partial charge is 0.464 e. The molecule has 4 aromatic rings. The molecule has 0 saturated carbocycles. The van der Waals surface area contributed by atoms with Crippen molar-refractivity contribution in [2.75, 3.05) is 0 Å². The number of rotatable bonds is 4. The zero-order chi connectivity index (χ0) is 17.2. The van der Waals surface area contributed by atoms with Gasteiger partial charge in [0.2, 0.25) is 0 Å². The molecule has 0 spiro atoms. The van der Waals surface area contributed by atoms with Crippen molar-refractivity contribution < 1.29 is 8.81 Å². The third kappa shape index (κ3) is 3.21. The second-order valence-corrected chi connectivity index (χ2v) is 5.95. The molecule has 0 atom stereocenters. The van der Waals surface area contributed by atoms with Crippen molar-refractivity contribution >= 4 is 11.0 Å². The third-order valence-electron chi connectivity index (χ3n) is 4.15. The third-order valence-corrected chi connectivity index (χ3v) is 4.15. The first-order valence-corrected chi connectivity index (χ1v) is 7.96. The number of H-pyrrole nitrogens is 1. The highest BCUT2D eigenvalue weighted by Crippen LogP contribution is 2.26. The van der Waals surface area contributed by atoms with E-state index in [1.165, 1.54) is 12.1 Å². The van der Waals surface area contributed by atoms with Crippen LogP contribution in [0.3, 0.4) is 0 Å². The van der Waals surface area contributed by atoms with Crippen molar-refractivity contribution in [2.24, 2.45) is 0 Å². The van der Waals surface area contributed by atoms with E-state index in [0.717, 1.165) is 27.8 Å². The van der Waals surface area contributed by atoms with Gasteiger partial charge in [-0.1, -0.05) is 24.3 Å². The summed E-state index contributed by atoms with van der Waals surface area (Å²) < 4.78 is 19.6. The smallest absolute Gasteiger partial charge is 0.264 e. The minimum absolute atomic E-state index is 0.227. The summed E-state index contributed by atoms with van der Waals surface area (Å²) >= 11 is 0. The van der Waals surface area contributed by atoms with Gasteiger partial charge in [-0.2, -0.15) is 5.10 Å². The Hall–Kier alpha value is -3.21. The lowest BCUT2D eigenvalue weighted by atomic mass is 9.98. The van der Waals surface area contributed by atoms with Crippen molar-refractivity contribution in [1.29, 1.82) is 0 Å². The summed E-state index contributed by atoms with van der Waals surface area (Å²) in [6.07, 6.45) is 2.66. The molecule has 2 aromatic heterocycles. The number of hydrogen-bond donors (Lipinski definition) is 1. The van der Waals surface area contributed by atoms with Gasteiger partial charge in [0.1, 0.15) is 11.4 Å².